The molecule has 1 heterocycles. The molecular formula is C17H18N4O3. The van der Waals surface area contributed by atoms with E-state index in [4.69, 9.17) is 0 Å². The number of amides is 2. The van der Waals surface area contributed by atoms with Crippen molar-refractivity contribution in [3.05, 3.63) is 53.7 Å². The number of phenols is 1. The fraction of sp³-hybridized carbons (Fsp3) is 0.176. The Morgan fingerprint density at radius 3 is 2.71 bits per heavy atom. The number of hydrogen-bond donors (Lipinski definition) is 3. The van der Waals surface area contributed by atoms with Crippen molar-refractivity contribution >= 4 is 23.3 Å². The van der Waals surface area contributed by atoms with Crippen LogP contribution in [0.3, 0.4) is 0 Å². The lowest BCUT2D eigenvalue weighted by Gasteiger charge is -2.06. The number of aryl methyl sites for hydroxylation is 1. The van der Waals surface area contributed by atoms with E-state index in [9.17, 15) is 14.7 Å². The molecular weight excluding hydrogens is 308 g/mol. The number of aromatic hydroxyl groups is 1. The maximum absolute atomic E-state index is 12.0. The van der Waals surface area contributed by atoms with Gasteiger partial charge >= 0.3 is 0 Å². The van der Waals surface area contributed by atoms with E-state index in [1.807, 2.05) is 0 Å². The molecule has 124 valence electrons. The Bertz CT molecular complexity index is 773. The molecule has 0 saturated carbocycles. The Morgan fingerprint density at radius 2 is 2.00 bits per heavy atom. The average molecular weight is 326 g/mol. The van der Waals surface area contributed by atoms with Gasteiger partial charge in [0.15, 0.2) is 0 Å². The summed E-state index contributed by atoms with van der Waals surface area (Å²) >= 11 is 0. The second-order valence-corrected chi connectivity index (χ2v) is 5.20. The largest absolute Gasteiger partial charge is 0.507 e. The van der Waals surface area contributed by atoms with Crippen LogP contribution >= 0.6 is 0 Å². The molecule has 0 aliphatic rings. The molecule has 24 heavy (non-hydrogen) atoms. The molecule has 0 bridgehead atoms. The van der Waals surface area contributed by atoms with Gasteiger partial charge in [-0.25, -0.2) is 10.4 Å². The minimum atomic E-state index is -0.541. The van der Waals surface area contributed by atoms with Crippen molar-refractivity contribution in [3.63, 3.8) is 0 Å². The number of phenolic OH excluding ortho intramolecular Hbond substituents is 1. The Morgan fingerprint density at radius 1 is 1.21 bits per heavy atom. The molecule has 1 aromatic carbocycles. The summed E-state index contributed by atoms with van der Waals surface area (Å²) in [7, 11) is 0. The van der Waals surface area contributed by atoms with Gasteiger partial charge in [-0.15, -0.1) is 0 Å². The summed E-state index contributed by atoms with van der Waals surface area (Å²) in [5, 5.41) is 16.4. The molecule has 7 heteroatoms. The third kappa shape index (κ3) is 4.64. The van der Waals surface area contributed by atoms with Crippen molar-refractivity contribution in [3.8, 4) is 5.75 Å². The highest BCUT2D eigenvalue weighted by Crippen LogP contribution is 2.20. The molecule has 0 aliphatic heterocycles. The number of nitrogens with zero attached hydrogens (tertiary/aromatic N) is 2. The third-order valence-corrected chi connectivity index (χ3v) is 3.18. The third-order valence-electron chi connectivity index (χ3n) is 3.18. The Balaban J connectivity index is 1.92. The summed E-state index contributed by atoms with van der Waals surface area (Å²) in [4.78, 5) is 27.9. The first-order valence-corrected chi connectivity index (χ1v) is 7.30. The molecule has 1 aromatic heterocycles. The molecule has 2 aromatic rings. The number of para-hydroxylation sites is 1. The van der Waals surface area contributed by atoms with Crippen molar-refractivity contribution in [1.29, 1.82) is 0 Å². The van der Waals surface area contributed by atoms with Crippen molar-refractivity contribution in [2.45, 2.75) is 20.3 Å². The number of hydrazone groups is 1. The first kappa shape index (κ1) is 17.1. The van der Waals surface area contributed by atoms with E-state index < -0.39 is 5.91 Å². The summed E-state index contributed by atoms with van der Waals surface area (Å²) in [5.41, 5.74) is 3.47. The van der Waals surface area contributed by atoms with Crippen LogP contribution in [-0.2, 0) is 4.79 Å². The maximum atomic E-state index is 12.0. The van der Waals surface area contributed by atoms with Crippen LogP contribution in [0.15, 0.2) is 47.7 Å². The van der Waals surface area contributed by atoms with Crippen LogP contribution in [0.25, 0.3) is 0 Å². The molecule has 0 saturated heterocycles. The topological polar surface area (TPSA) is 104 Å². The second-order valence-electron chi connectivity index (χ2n) is 5.20. The molecule has 0 atom stereocenters. The molecule has 2 amide bonds. The van der Waals surface area contributed by atoms with E-state index in [-0.39, 0.29) is 23.6 Å². The molecule has 0 aliphatic carbocycles. The van der Waals surface area contributed by atoms with Crippen molar-refractivity contribution < 1.29 is 14.7 Å². The van der Waals surface area contributed by atoms with Gasteiger partial charge in [0.2, 0.25) is 5.91 Å². The number of carbonyl (C=O) groups excluding carboxylic acids is 2. The summed E-state index contributed by atoms with van der Waals surface area (Å²) in [6.07, 6.45) is 1.59. The lowest BCUT2D eigenvalue weighted by atomic mass is 10.1. The lowest BCUT2D eigenvalue weighted by Crippen LogP contribution is -2.21. The zero-order valence-corrected chi connectivity index (χ0v) is 13.4. The number of nitrogens with one attached hydrogen (secondary N) is 2. The van der Waals surface area contributed by atoms with Gasteiger partial charge in [0, 0.05) is 11.9 Å². The van der Waals surface area contributed by atoms with E-state index in [1.165, 1.54) is 6.07 Å². The predicted molar refractivity (Wildman–Crippen MR) is 90.9 cm³/mol. The maximum Gasteiger partial charge on any atom is 0.275 e. The summed E-state index contributed by atoms with van der Waals surface area (Å²) in [6.45, 7) is 3.32. The number of carbonyl (C=O) groups is 2. The van der Waals surface area contributed by atoms with Gasteiger partial charge in [-0.05, 0) is 37.6 Å². The van der Waals surface area contributed by atoms with E-state index in [0.717, 1.165) is 0 Å². The molecule has 2 rings (SSSR count). The smallest absolute Gasteiger partial charge is 0.275 e. The van der Waals surface area contributed by atoms with Crippen LogP contribution in [0, 0.1) is 6.92 Å². The minimum Gasteiger partial charge on any atom is -0.507 e. The normalized spacial score (nSPS) is 11.0. The van der Waals surface area contributed by atoms with Gasteiger partial charge in [0.1, 0.15) is 11.6 Å². The molecule has 0 spiro atoms. The first-order valence-electron chi connectivity index (χ1n) is 7.30. The quantitative estimate of drug-likeness (QED) is 0.579. The van der Waals surface area contributed by atoms with Crippen LogP contribution in [0.2, 0.25) is 0 Å². The van der Waals surface area contributed by atoms with Gasteiger partial charge in [-0.2, -0.15) is 5.10 Å². The highest BCUT2D eigenvalue weighted by atomic mass is 16.3. The zero-order valence-electron chi connectivity index (χ0n) is 13.4. The van der Waals surface area contributed by atoms with Crippen LogP contribution in [0.1, 0.15) is 29.3 Å². The summed E-state index contributed by atoms with van der Waals surface area (Å²) in [6, 6.07) is 10.0. The van der Waals surface area contributed by atoms with Crippen molar-refractivity contribution in [2.75, 3.05) is 5.32 Å². The number of aromatic nitrogens is 1. The fourth-order valence-electron chi connectivity index (χ4n) is 1.94. The first-order chi connectivity index (χ1) is 11.5. The summed E-state index contributed by atoms with van der Waals surface area (Å²) < 4.78 is 0. The van der Waals surface area contributed by atoms with Gasteiger partial charge in [-0.1, -0.05) is 18.2 Å². The number of rotatable bonds is 5. The van der Waals surface area contributed by atoms with E-state index in [1.54, 1.807) is 50.4 Å². The Labute approximate surface area is 139 Å². The molecule has 0 fully saturated rings. The Hall–Kier alpha value is -3.22. The van der Waals surface area contributed by atoms with Crippen molar-refractivity contribution in [2.24, 2.45) is 5.10 Å². The van der Waals surface area contributed by atoms with E-state index in [2.05, 4.69) is 20.8 Å². The minimum absolute atomic E-state index is 0.0106. The van der Waals surface area contributed by atoms with E-state index >= 15 is 0 Å². The molecule has 7 nitrogen and oxygen atoms in total. The van der Waals surface area contributed by atoms with Crippen LogP contribution < -0.4 is 10.7 Å². The van der Waals surface area contributed by atoms with E-state index in [0.29, 0.717) is 17.1 Å². The zero-order chi connectivity index (χ0) is 17.5. The highest BCUT2D eigenvalue weighted by Gasteiger charge is 2.12. The van der Waals surface area contributed by atoms with Crippen LogP contribution in [-0.4, -0.2) is 27.6 Å². The lowest BCUT2D eigenvalue weighted by molar-refractivity contribution is -0.115. The predicted octanol–water partition coefficient (Wildman–Crippen LogP) is 2.23. The standard InChI is InChI=1S/C17H18N4O3/c1-11-6-5-7-13(16(11)23)17(24)21-20-12(2)10-15(22)19-14-8-3-4-9-18-14/h3-9,23H,10H2,1-2H3,(H,21,24)(H,18,19,22)/b20-12+. The van der Waals surface area contributed by atoms with Gasteiger partial charge < -0.3 is 10.4 Å². The SMILES string of the molecule is C/C(CC(=O)Nc1ccccn1)=N\NC(=O)c1cccc(C)c1O. The number of benzene rings is 1. The fourth-order valence-corrected chi connectivity index (χ4v) is 1.94. The second kappa shape index (κ2) is 7.87. The van der Waals surface area contributed by atoms with Gasteiger partial charge in [0.05, 0.1) is 12.0 Å². The van der Waals surface area contributed by atoms with Crippen LogP contribution in [0.5, 0.6) is 5.75 Å². The number of pyridine rings is 1. The number of hydrogen-bond acceptors (Lipinski definition) is 5. The molecule has 3 N–H and O–H groups in total. The van der Waals surface area contributed by atoms with Crippen LogP contribution in [0.4, 0.5) is 5.82 Å². The molecule has 0 radical (unpaired) electrons. The monoisotopic (exact) mass is 326 g/mol. The Kier molecular flexibility index (Phi) is 5.62. The number of anilines is 1. The van der Waals surface area contributed by atoms with Gasteiger partial charge in [-0.3, -0.25) is 9.59 Å². The summed E-state index contributed by atoms with van der Waals surface area (Å²) in [5.74, 6) is -0.469. The molecule has 0 unspecified atom stereocenters. The average Bonchev–Trinajstić information content (AvgIpc) is 2.56. The highest BCUT2D eigenvalue weighted by molar-refractivity contribution is 6.06. The van der Waals surface area contributed by atoms with Crippen molar-refractivity contribution in [1.82, 2.24) is 10.4 Å². The van der Waals surface area contributed by atoms with Gasteiger partial charge in [0.25, 0.3) is 5.91 Å².